The Bertz CT molecular complexity index is 900. The van der Waals surface area contributed by atoms with Crippen LogP contribution in [0, 0.1) is 11.3 Å². The minimum Gasteiger partial charge on any atom is -0.491 e. The fourth-order valence-electron chi connectivity index (χ4n) is 2.63. The summed E-state index contributed by atoms with van der Waals surface area (Å²) < 4.78 is 16.3. The standard InChI is InChI=1S/C24H28N2O5/c1-24(2,3)31-23(28)26-20(17-29-21-11-7-10-19(14-21)15-25)12-13-22(27)30-16-18-8-5-4-6-9-18/h4-11,14,20H,12-13,16-17H2,1-3H3,(H,26,28)/t20-/m0/s1. The molecule has 0 aliphatic rings. The number of hydrogen-bond donors (Lipinski definition) is 1. The Morgan fingerprint density at radius 3 is 2.52 bits per heavy atom. The highest BCUT2D eigenvalue weighted by Crippen LogP contribution is 2.14. The largest absolute Gasteiger partial charge is 0.491 e. The van der Waals surface area contributed by atoms with Crippen molar-refractivity contribution in [3.05, 3.63) is 65.7 Å². The summed E-state index contributed by atoms with van der Waals surface area (Å²) in [5, 5.41) is 11.8. The van der Waals surface area contributed by atoms with Crippen molar-refractivity contribution in [2.45, 2.75) is 51.9 Å². The third kappa shape index (κ3) is 9.68. The molecule has 2 aromatic carbocycles. The average Bonchev–Trinajstić information content (AvgIpc) is 2.73. The third-order valence-electron chi connectivity index (χ3n) is 4.07. The van der Waals surface area contributed by atoms with Gasteiger partial charge in [0.1, 0.15) is 24.6 Å². The number of hydrogen-bond acceptors (Lipinski definition) is 6. The van der Waals surface area contributed by atoms with Crippen LogP contribution in [0.15, 0.2) is 54.6 Å². The average molecular weight is 424 g/mol. The van der Waals surface area contributed by atoms with Gasteiger partial charge in [-0.2, -0.15) is 5.26 Å². The van der Waals surface area contributed by atoms with Crippen molar-refractivity contribution in [1.82, 2.24) is 5.32 Å². The van der Waals surface area contributed by atoms with Gasteiger partial charge in [0.2, 0.25) is 0 Å². The van der Waals surface area contributed by atoms with Gasteiger partial charge in [-0.05, 0) is 51.0 Å². The minimum atomic E-state index is -0.648. The van der Waals surface area contributed by atoms with Crippen LogP contribution in [0.2, 0.25) is 0 Å². The van der Waals surface area contributed by atoms with E-state index in [4.69, 9.17) is 19.5 Å². The molecule has 0 fully saturated rings. The Morgan fingerprint density at radius 1 is 1.10 bits per heavy atom. The summed E-state index contributed by atoms with van der Waals surface area (Å²) in [6.45, 7) is 5.62. The summed E-state index contributed by atoms with van der Waals surface area (Å²) in [6, 6.07) is 17.7. The van der Waals surface area contributed by atoms with E-state index in [1.54, 1.807) is 45.0 Å². The molecule has 0 radical (unpaired) electrons. The van der Waals surface area contributed by atoms with Crippen LogP contribution in [0.1, 0.15) is 44.7 Å². The van der Waals surface area contributed by atoms with Crippen LogP contribution < -0.4 is 10.1 Å². The molecule has 0 unspecified atom stereocenters. The molecule has 0 spiro atoms. The van der Waals surface area contributed by atoms with Crippen molar-refractivity contribution in [3.63, 3.8) is 0 Å². The Kier molecular flexibility index (Phi) is 8.89. The number of esters is 1. The Labute approximate surface area is 182 Å². The van der Waals surface area contributed by atoms with E-state index in [1.165, 1.54) is 0 Å². The maximum Gasteiger partial charge on any atom is 0.407 e. The number of carbonyl (C=O) groups excluding carboxylic acids is 2. The fraction of sp³-hybridized carbons (Fsp3) is 0.375. The lowest BCUT2D eigenvalue weighted by Gasteiger charge is -2.23. The number of alkyl carbamates (subject to hydrolysis) is 1. The van der Waals surface area contributed by atoms with Gasteiger partial charge in [-0.15, -0.1) is 0 Å². The van der Waals surface area contributed by atoms with Gasteiger partial charge >= 0.3 is 12.1 Å². The van der Waals surface area contributed by atoms with E-state index in [1.807, 2.05) is 36.4 Å². The van der Waals surface area contributed by atoms with Crippen LogP contribution in [0.5, 0.6) is 5.75 Å². The summed E-state index contributed by atoms with van der Waals surface area (Å²) in [6.07, 6.45) is -0.177. The molecule has 164 valence electrons. The van der Waals surface area contributed by atoms with Crippen molar-refractivity contribution >= 4 is 12.1 Å². The zero-order valence-corrected chi connectivity index (χ0v) is 18.1. The van der Waals surface area contributed by atoms with Crippen molar-refractivity contribution in [1.29, 1.82) is 5.26 Å². The van der Waals surface area contributed by atoms with E-state index in [0.29, 0.717) is 17.7 Å². The van der Waals surface area contributed by atoms with Crippen LogP contribution in [0.25, 0.3) is 0 Å². The van der Waals surface area contributed by atoms with Crippen LogP contribution >= 0.6 is 0 Å². The Morgan fingerprint density at radius 2 is 1.84 bits per heavy atom. The normalized spacial score (nSPS) is 11.7. The molecular formula is C24H28N2O5. The van der Waals surface area contributed by atoms with E-state index in [2.05, 4.69) is 5.32 Å². The highest BCUT2D eigenvalue weighted by molar-refractivity contribution is 5.70. The first kappa shape index (κ1) is 23.7. The van der Waals surface area contributed by atoms with E-state index in [0.717, 1.165) is 5.56 Å². The summed E-state index contributed by atoms with van der Waals surface area (Å²) in [7, 11) is 0. The molecule has 7 heteroatoms. The van der Waals surface area contributed by atoms with Crippen LogP contribution in [-0.2, 0) is 20.9 Å². The maximum atomic E-state index is 12.2. The molecule has 31 heavy (non-hydrogen) atoms. The van der Waals surface area contributed by atoms with Crippen molar-refractivity contribution < 1.29 is 23.8 Å². The SMILES string of the molecule is CC(C)(C)OC(=O)N[C@@H](CCC(=O)OCc1ccccc1)COc1cccc(C#N)c1. The molecule has 0 saturated carbocycles. The van der Waals surface area contributed by atoms with Crippen LogP contribution in [-0.4, -0.2) is 30.3 Å². The van der Waals surface area contributed by atoms with Crippen molar-refractivity contribution in [2.24, 2.45) is 0 Å². The summed E-state index contributed by atoms with van der Waals surface area (Å²) in [5.41, 5.74) is 0.726. The second-order valence-electron chi connectivity index (χ2n) is 7.98. The summed E-state index contributed by atoms with van der Waals surface area (Å²) in [4.78, 5) is 24.3. The van der Waals surface area contributed by atoms with Crippen LogP contribution in [0.3, 0.4) is 0 Å². The Balaban J connectivity index is 1.91. The van der Waals surface area contributed by atoms with Gasteiger partial charge < -0.3 is 19.5 Å². The molecule has 0 saturated heterocycles. The molecule has 0 aromatic heterocycles. The van der Waals surface area contributed by atoms with E-state index < -0.39 is 17.7 Å². The van der Waals surface area contributed by atoms with E-state index in [-0.39, 0.29) is 25.6 Å². The quantitative estimate of drug-likeness (QED) is 0.601. The number of nitrogens with one attached hydrogen (secondary N) is 1. The first-order valence-corrected chi connectivity index (χ1v) is 10.1. The number of rotatable bonds is 9. The van der Waals surface area contributed by atoms with Gasteiger partial charge in [-0.1, -0.05) is 36.4 Å². The van der Waals surface area contributed by atoms with Crippen molar-refractivity contribution in [2.75, 3.05) is 6.61 Å². The van der Waals surface area contributed by atoms with Gasteiger partial charge in [0.05, 0.1) is 17.7 Å². The van der Waals surface area contributed by atoms with E-state index >= 15 is 0 Å². The lowest BCUT2D eigenvalue weighted by atomic mass is 10.1. The highest BCUT2D eigenvalue weighted by Gasteiger charge is 2.21. The number of nitrogens with zero attached hydrogens (tertiary/aromatic N) is 1. The smallest absolute Gasteiger partial charge is 0.407 e. The highest BCUT2D eigenvalue weighted by atomic mass is 16.6. The molecule has 0 heterocycles. The van der Waals surface area contributed by atoms with E-state index in [9.17, 15) is 9.59 Å². The van der Waals surface area contributed by atoms with Gasteiger partial charge in [0.25, 0.3) is 0 Å². The molecule has 7 nitrogen and oxygen atoms in total. The lowest BCUT2D eigenvalue weighted by Crippen LogP contribution is -2.42. The summed E-state index contributed by atoms with van der Waals surface area (Å²) in [5.74, 6) is 0.132. The fourth-order valence-corrected chi connectivity index (χ4v) is 2.63. The first-order valence-electron chi connectivity index (χ1n) is 10.1. The molecule has 1 amide bonds. The topological polar surface area (TPSA) is 97.7 Å². The predicted octanol–water partition coefficient (Wildman–Crippen LogP) is 4.35. The van der Waals surface area contributed by atoms with Gasteiger partial charge in [-0.25, -0.2) is 4.79 Å². The van der Waals surface area contributed by atoms with Crippen molar-refractivity contribution in [3.8, 4) is 11.8 Å². The number of amides is 1. The Hall–Kier alpha value is -3.53. The molecule has 1 N–H and O–H groups in total. The number of nitriles is 1. The zero-order valence-electron chi connectivity index (χ0n) is 18.1. The lowest BCUT2D eigenvalue weighted by molar-refractivity contribution is -0.145. The molecule has 0 aliphatic heterocycles. The maximum absolute atomic E-state index is 12.2. The first-order chi connectivity index (χ1) is 14.7. The van der Waals surface area contributed by atoms with Crippen LogP contribution in [0.4, 0.5) is 4.79 Å². The number of ether oxygens (including phenoxy) is 3. The van der Waals surface area contributed by atoms with Gasteiger partial charge in [0, 0.05) is 6.42 Å². The van der Waals surface area contributed by atoms with Gasteiger partial charge in [0.15, 0.2) is 0 Å². The second-order valence-corrected chi connectivity index (χ2v) is 7.98. The number of benzene rings is 2. The predicted molar refractivity (Wildman–Crippen MR) is 115 cm³/mol. The number of carbonyl (C=O) groups is 2. The van der Waals surface area contributed by atoms with Gasteiger partial charge in [-0.3, -0.25) is 4.79 Å². The summed E-state index contributed by atoms with van der Waals surface area (Å²) >= 11 is 0. The second kappa shape index (κ2) is 11.6. The molecule has 0 bridgehead atoms. The third-order valence-corrected chi connectivity index (χ3v) is 4.07. The zero-order chi connectivity index (χ0) is 22.7. The molecule has 1 atom stereocenters. The molecule has 2 rings (SSSR count). The molecule has 2 aromatic rings. The molecule has 0 aliphatic carbocycles. The molecular weight excluding hydrogens is 396 g/mol. The monoisotopic (exact) mass is 424 g/mol. The minimum absolute atomic E-state index is 0.106.